The molecule has 1 aromatic heterocycles. The second kappa shape index (κ2) is 7.25. The number of benzene rings is 1. The van der Waals surface area contributed by atoms with Crippen LogP contribution in [-0.4, -0.2) is 45.5 Å². The topological polar surface area (TPSA) is 113 Å². The van der Waals surface area contributed by atoms with Crippen LogP contribution in [0.5, 0.6) is 5.75 Å². The van der Waals surface area contributed by atoms with Crippen molar-refractivity contribution in [3.05, 3.63) is 45.0 Å². The molecule has 1 aliphatic heterocycles. The molecule has 0 spiro atoms. The molecular formula is C17H17FN4O6. The fourth-order valence-corrected chi connectivity index (χ4v) is 2.78. The van der Waals surface area contributed by atoms with Crippen LogP contribution in [0.15, 0.2) is 27.9 Å². The van der Waals surface area contributed by atoms with Crippen molar-refractivity contribution in [2.45, 2.75) is 19.9 Å². The van der Waals surface area contributed by atoms with Gasteiger partial charge in [0, 0.05) is 13.1 Å². The van der Waals surface area contributed by atoms with E-state index in [9.17, 15) is 23.6 Å². The molecule has 1 atom stereocenters. The summed E-state index contributed by atoms with van der Waals surface area (Å²) in [7, 11) is 1.22. The van der Waals surface area contributed by atoms with Crippen molar-refractivity contribution in [3.8, 4) is 11.4 Å². The van der Waals surface area contributed by atoms with E-state index in [1.54, 1.807) is 6.92 Å². The van der Waals surface area contributed by atoms with Gasteiger partial charge in [-0.15, -0.1) is 0 Å². The highest BCUT2D eigenvalue weighted by atomic mass is 19.1. The van der Waals surface area contributed by atoms with Crippen LogP contribution in [0.1, 0.15) is 13.8 Å². The number of hydrogen-bond donors (Lipinski definition) is 0. The monoisotopic (exact) mass is 392 g/mol. The third-order valence-corrected chi connectivity index (χ3v) is 4.23. The Morgan fingerprint density at radius 1 is 1.32 bits per heavy atom. The normalized spacial score (nSPS) is 14.3. The maximum absolute atomic E-state index is 14.6. The van der Waals surface area contributed by atoms with E-state index < -0.39 is 35.0 Å². The molecule has 1 aliphatic rings. The van der Waals surface area contributed by atoms with E-state index >= 15 is 0 Å². The highest BCUT2D eigenvalue weighted by Gasteiger charge is 2.35. The molecule has 28 heavy (non-hydrogen) atoms. The summed E-state index contributed by atoms with van der Waals surface area (Å²) >= 11 is 0. The zero-order chi connectivity index (χ0) is 20.6. The number of nitrogens with zero attached hydrogens (tertiary/aromatic N) is 4. The minimum absolute atomic E-state index is 0.0230. The fraction of sp³-hybridized carbons (Fsp3) is 0.353. The van der Waals surface area contributed by atoms with Gasteiger partial charge in [-0.25, -0.2) is 14.0 Å². The van der Waals surface area contributed by atoms with Gasteiger partial charge in [-0.05, 0) is 19.9 Å². The summed E-state index contributed by atoms with van der Waals surface area (Å²) in [5.74, 6) is -2.02. The Morgan fingerprint density at radius 2 is 2.04 bits per heavy atom. The van der Waals surface area contributed by atoms with Crippen LogP contribution in [0.3, 0.4) is 0 Å². The van der Waals surface area contributed by atoms with Crippen molar-refractivity contribution in [3.63, 3.8) is 0 Å². The molecule has 2 aromatic rings. The Balaban J connectivity index is 2.17. The number of carbonyl (C=O) groups is 2. The SMILES string of the molecule is CCOC(=O)C(C)N1C(=O)COc2cc(F)c(-n3ncc(=O)n(C)c3=O)cc21. The number of amides is 1. The Morgan fingerprint density at radius 3 is 2.71 bits per heavy atom. The maximum atomic E-state index is 14.6. The largest absolute Gasteiger partial charge is 0.481 e. The second-order valence-corrected chi connectivity index (χ2v) is 5.99. The molecule has 1 amide bonds. The third kappa shape index (κ3) is 3.15. The predicted molar refractivity (Wildman–Crippen MR) is 94.1 cm³/mol. The average molecular weight is 392 g/mol. The van der Waals surface area contributed by atoms with Gasteiger partial charge in [0.1, 0.15) is 23.7 Å². The first-order valence-electron chi connectivity index (χ1n) is 8.37. The van der Waals surface area contributed by atoms with E-state index in [2.05, 4.69) is 5.10 Å². The molecule has 0 N–H and O–H groups in total. The number of halogens is 1. The van der Waals surface area contributed by atoms with Crippen molar-refractivity contribution >= 4 is 17.6 Å². The van der Waals surface area contributed by atoms with Gasteiger partial charge in [-0.2, -0.15) is 9.78 Å². The van der Waals surface area contributed by atoms with Gasteiger partial charge in [-0.3, -0.25) is 19.1 Å². The Labute approximate surface area is 157 Å². The Bertz CT molecular complexity index is 1080. The lowest BCUT2D eigenvalue weighted by atomic mass is 10.1. The fourth-order valence-electron chi connectivity index (χ4n) is 2.78. The van der Waals surface area contributed by atoms with Gasteiger partial charge >= 0.3 is 11.7 Å². The molecule has 0 saturated carbocycles. The second-order valence-electron chi connectivity index (χ2n) is 5.99. The summed E-state index contributed by atoms with van der Waals surface area (Å²) in [6, 6.07) is 1.15. The van der Waals surface area contributed by atoms with Gasteiger partial charge in [0.2, 0.25) is 0 Å². The molecule has 0 saturated heterocycles. The number of fused-ring (bicyclic) bond motifs is 1. The molecule has 3 rings (SSSR count). The summed E-state index contributed by atoms with van der Waals surface area (Å²) in [5.41, 5.74) is -1.76. The molecule has 0 radical (unpaired) electrons. The average Bonchev–Trinajstić information content (AvgIpc) is 2.66. The lowest BCUT2D eigenvalue weighted by Gasteiger charge is -2.33. The van der Waals surface area contributed by atoms with Crippen LogP contribution in [-0.2, 0) is 21.4 Å². The molecule has 11 heteroatoms. The van der Waals surface area contributed by atoms with Crippen LogP contribution >= 0.6 is 0 Å². The van der Waals surface area contributed by atoms with E-state index in [1.807, 2.05) is 0 Å². The van der Waals surface area contributed by atoms with E-state index in [0.717, 1.165) is 27.8 Å². The van der Waals surface area contributed by atoms with Crippen LogP contribution < -0.4 is 20.9 Å². The predicted octanol–water partition coefficient (Wildman–Crippen LogP) is -0.253. The van der Waals surface area contributed by atoms with Gasteiger partial charge < -0.3 is 9.47 Å². The quantitative estimate of drug-likeness (QED) is 0.659. The molecular weight excluding hydrogens is 375 g/mol. The zero-order valence-electron chi connectivity index (χ0n) is 15.3. The standard InChI is InChI=1S/C17H17FN4O6/c1-4-27-16(25)9(2)21-12-6-11(10(18)5-13(12)28-8-15(21)24)22-17(26)20(3)14(23)7-19-22/h5-7,9H,4,8H2,1-3H3. The van der Waals surface area contributed by atoms with Crippen molar-refractivity contribution in [1.29, 1.82) is 0 Å². The lowest BCUT2D eigenvalue weighted by Crippen LogP contribution is -2.48. The van der Waals surface area contributed by atoms with E-state index in [1.165, 1.54) is 14.0 Å². The van der Waals surface area contributed by atoms with Crippen LogP contribution in [0.4, 0.5) is 10.1 Å². The van der Waals surface area contributed by atoms with E-state index in [0.29, 0.717) is 4.68 Å². The number of anilines is 1. The summed E-state index contributed by atoms with van der Waals surface area (Å²) in [4.78, 5) is 49.4. The van der Waals surface area contributed by atoms with Crippen molar-refractivity contribution in [1.82, 2.24) is 14.3 Å². The first kappa shape index (κ1) is 19.3. The van der Waals surface area contributed by atoms with Gasteiger partial charge in [0.25, 0.3) is 11.5 Å². The zero-order valence-corrected chi connectivity index (χ0v) is 15.3. The third-order valence-electron chi connectivity index (χ3n) is 4.23. The van der Waals surface area contributed by atoms with Gasteiger partial charge in [0.05, 0.1) is 12.3 Å². The molecule has 10 nitrogen and oxygen atoms in total. The number of aromatic nitrogens is 3. The minimum atomic E-state index is -1.00. The Hall–Kier alpha value is -3.50. The number of rotatable bonds is 4. The highest BCUT2D eigenvalue weighted by molar-refractivity contribution is 6.03. The summed E-state index contributed by atoms with van der Waals surface area (Å²) in [6.45, 7) is 2.84. The Kier molecular flexibility index (Phi) is 4.99. The molecule has 0 bridgehead atoms. The van der Waals surface area contributed by atoms with E-state index in [-0.39, 0.29) is 30.3 Å². The molecule has 0 aliphatic carbocycles. The van der Waals surface area contributed by atoms with E-state index in [4.69, 9.17) is 9.47 Å². The molecule has 1 aromatic carbocycles. The minimum Gasteiger partial charge on any atom is -0.481 e. The van der Waals surface area contributed by atoms with Crippen molar-refractivity contribution in [2.24, 2.45) is 7.05 Å². The number of ether oxygens (including phenoxy) is 2. The van der Waals surface area contributed by atoms with Gasteiger partial charge in [0.15, 0.2) is 12.4 Å². The summed E-state index contributed by atoms with van der Waals surface area (Å²) in [6.07, 6.45) is 0.862. The summed E-state index contributed by atoms with van der Waals surface area (Å²) < 4.78 is 26.3. The van der Waals surface area contributed by atoms with Crippen molar-refractivity contribution < 1.29 is 23.5 Å². The number of hydrogen-bond acceptors (Lipinski definition) is 7. The summed E-state index contributed by atoms with van der Waals surface area (Å²) in [5, 5.41) is 3.67. The number of esters is 1. The molecule has 0 fully saturated rings. The van der Waals surface area contributed by atoms with Gasteiger partial charge in [-0.1, -0.05) is 0 Å². The lowest BCUT2D eigenvalue weighted by molar-refractivity contribution is -0.145. The maximum Gasteiger partial charge on any atom is 0.352 e. The first-order valence-corrected chi connectivity index (χ1v) is 8.37. The molecule has 1 unspecified atom stereocenters. The molecule has 2 heterocycles. The smallest absolute Gasteiger partial charge is 0.352 e. The molecule has 148 valence electrons. The van der Waals surface area contributed by atoms with Crippen LogP contribution in [0, 0.1) is 5.82 Å². The number of carbonyl (C=O) groups excluding carboxylic acids is 2. The highest BCUT2D eigenvalue weighted by Crippen LogP contribution is 2.36. The van der Waals surface area contributed by atoms with Crippen LogP contribution in [0.25, 0.3) is 5.69 Å². The first-order chi connectivity index (χ1) is 13.3. The van der Waals surface area contributed by atoms with Crippen molar-refractivity contribution in [2.75, 3.05) is 18.1 Å². The van der Waals surface area contributed by atoms with Crippen LogP contribution in [0.2, 0.25) is 0 Å².